The highest BCUT2D eigenvalue weighted by molar-refractivity contribution is 6.26. The maximum atomic E-state index is 13.6. The van der Waals surface area contributed by atoms with E-state index in [1.807, 2.05) is 13.0 Å². The molecule has 0 saturated carbocycles. The third-order valence-electron chi connectivity index (χ3n) is 7.25. The molecule has 7 heteroatoms. The molecule has 154 valence electrons. The molecule has 5 atom stereocenters. The average molecular weight is 406 g/mol. The van der Waals surface area contributed by atoms with Crippen molar-refractivity contribution in [3.8, 4) is 6.07 Å². The number of rotatable bonds is 4. The van der Waals surface area contributed by atoms with Gasteiger partial charge in [-0.15, -0.1) is 0 Å². The van der Waals surface area contributed by atoms with Crippen molar-refractivity contribution in [1.29, 1.82) is 5.26 Å². The topological polar surface area (TPSA) is 111 Å². The number of imide groups is 1. The average Bonchev–Trinajstić information content (AvgIpc) is 3.31. The van der Waals surface area contributed by atoms with E-state index >= 15 is 0 Å². The number of hydrogen-bond acceptors (Lipinski definition) is 6. The van der Waals surface area contributed by atoms with Crippen LogP contribution in [-0.4, -0.2) is 45.9 Å². The van der Waals surface area contributed by atoms with E-state index in [1.165, 1.54) is 4.90 Å². The minimum Gasteiger partial charge on any atom is -0.396 e. The molecular formula is C23H22N2O5. The normalized spacial score (nSPS) is 34.6. The van der Waals surface area contributed by atoms with Crippen LogP contribution in [-0.2, 0) is 14.3 Å². The van der Waals surface area contributed by atoms with Gasteiger partial charge in [-0.2, -0.15) is 5.26 Å². The number of fused-ring (bicyclic) bond motifs is 6. The van der Waals surface area contributed by atoms with Gasteiger partial charge in [-0.05, 0) is 18.6 Å². The van der Waals surface area contributed by atoms with E-state index in [9.17, 15) is 25.1 Å². The lowest BCUT2D eigenvalue weighted by atomic mass is 9.64. The van der Waals surface area contributed by atoms with Crippen molar-refractivity contribution in [3.63, 3.8) is 0 Å². The molecule has 5 rings (SSSR count). The summed E-state index contributed by atoms with van der Waals surface area (Å²) < 4.78 is 6.24. The number of nitriles is 1. The lowest BCUT2D eigenvalue weighted by Crippen LogP contribution is -2.51. The third kappa shape index (κ3) is 2.13. The van der Waals surface area contributed by atoms with E-state index in [1.54, 1.807) is 30.3 Å². The van der Waals surface area contributed by atoms with Crippen LogP contribution in [0, 0.1) is 23.2 Å². The molecule has 2 unspecified atom stereocenters. The number of carbonyl (C=O) groups excluding carboxylic acids is 2. The number of ether oxygens (including phenoxy) is 1. The molecule has 0 aliphatic carbocycles. The van der Waals surface area contributed by atoms with E-state index in [0.717, 1.165) is 0 Å². The number of anilines is 1. The number of hydrogen-bond donors (Lipinski definition) is 2. The standard InChI is InChI=1S/C23H22N2O5/c1-2-23-17(27)11-22(30-23,9-10-26)18-19(23)21(29)25(20(18)28)16-8-7-13(12-24)14-5-3-4-6-15(14)16/h3-8,17-19,26-27H,2,9-11H2,1H3/t17-,18+,19-,22?,23?/m1/s1. The Balaban J connectivity index is 1.68. The molecule has 3 heterocycles. The molecule has 0 aromatic heterocycles. The third-order valence-corrected chi connectivity index (χ3v) is 7.25. The van der Waals surface area contributed by atoms with Crippen LogP contribution in [0.1, 0.15) is 31.7 Å². The summed E-state index contributed by atoms with van der Waals surface area (Å²) in [6.07, 6.45) is -0.0641. The van der Waals surface area contributed by atoms with Gasteiger partial charge in [0.15, 0.2) is 0 Å². The molecule has 0 radical (unpaired) electrons. The first kappa shape index (κ1) is 19.2. The second-order valence-corrected chi connectivity index (χ2v) is 8.43. The number of aliphatic hydroxyl groups is 2. The first-order chi connectivity index (χ1) is 14.4. The maximum Gasteiger partial charge on any atom is 0.240 e. The van der Waals surface area contributed by atoms with Crippen molar-refractivity contribution in [3.05, 3.63) is 42.0 Å². The Labute approximate surface area is 173 Å². The fourth-order valence-corrected chi connectivity index (χ4v) is 5.98. The van der Waals surface area contributed by atoms with Crippen LogP contribution in [0.15, 0.2) is 36.4 Å². The Hall–Kier alpha value is -2.79. The maximum absolute atomic E-state index is 13.6. The fourth-order valence-electron chi connectivity index (χ4n) is 5.98. The molecule has 7 nitrogen and oxygen atoms in total. The van der Waals surface area contributed by atoms with Crippen LogP contribution in [0.4, 0.5) is 5.69 Å². The van der Waals surface area contributed by atoms with Gasteiger partial charge in [0.1, 0.15) is 5.60 Å². The molecule has 3 aliphatic heterocycles. The van der Waals surface area contributed by atoms with Gasteiger partial charge in [0.05, 0.1) is 40.9 Å². The zero-order valence-corrected chi connectivity index (χ0v) is 16.5. The van der Waals surface area contributed by atoms with Gasteiger partial charge in [0.2, 0.25) is 11.8 Å². The van der Waals surface area contributed by atoms with E-state index in [0.29, 0.717) is 28.4 Å². The molecule has 3 saturated heterocycles. The first-order valence-corrected chi connectivity index (χ1v) is 10.2. The van der Waals surface area contributed by atoms with Crippen LogP contribution in [0.2, 0.25) is 0 Å². The number of nitrogens with zero attached hydrogens (tertiary/aromatic N) is 2. The van der Waals surface area contributed by atoms with Crippen molar-refractivity contribution < 1.29 is 24.5 Å². The highest BCUT2D eigenvalue weighted by Gasteiger charge is 2.77. The lowest BCUT2D eigenvalue weighted by Gasteiger charge is -2.34. The molecule has 2 N–H and O–H groups in total. The summed E-state index contributed by atoms with van der Waals surface area (Å²) in [7, 11) is 0. The number of carbonyl (C=O) groups is 2. The predicted octanol–water partition coefficient (Wildman–Crippen LogP) is 1.88. The van der Waals surface area contributed by atoms with Gasteiger partial charge < -0.3 is 14.9 Å². The second-order valence-electron chi connectivity index (χ2n) is 8.43. The van der Waals surface area contributed by atoms with Crippen molar-refractivity contribution in [2.24, 2.45) is 11.8 Å². The minimum atomic E-state index is -1.12. The lowest BCUT2D eigenvalue weighted by molar-refractivity contribution is -0.137. The fraction of sp³-hybridized carbons (Fsp3) is 0.435. The molecule has 2 amide bonds. The molecule has 2 aromatic rings. The summed E-state index contributed by atoms with van der Waals surface area (Å²) >= 11 is 0. The Morgan fingerprint density at radius 1 is 1.17 bits per heavy atom. The Kier molecular flexibility index (Phi) is 4.06. The summed E-state index contributed by atoms with van der Waals surface area (Å²) in [5.74, 6) is -2.29. The van der Waals surface area contributed by atoms with E-state index in [-0.39, 0.29) is 31.3 Å². The summed E-state index contributed by atoms with van der Waals surface area (Å²) in [5.41, 5.74) is -1.26. The molecule has 3 aliphatic rings. The van der Waals surface area contributed by atoms with Crippen LogP contribution in [0.3, 0.4) is 0 Å². The molecule has 30 heavy (non-hydrogen) atoms. The van der Waals surface area contributed by atoms with Gasteiger partial charge in [-0.1, -0.05) is 31.2 Å². The van der Waals surface area contributed by atoms with Crippen LogP contribution in [0.25, 0.3) is 10.8 Å². The van der Waals surface area contributed by atoms with E-state index < -0.39 is 29.1 Å². The quantitative estimate of drug-likeness (QED) is 0.750. The SMILES string of the molecule is CCC12OC(CCO)(C[C@H]1O)[C@@H]1C(=O)N(c3ccc(C#N)c4ccccc34)C(=O)[C@@H]12. The highest BCUT2D eigenvalue weighted by atomic mass is 16.6. The van der Waals surface area contributed by atoms with Gasteiger partial charge in [-0.3, -0.25) is 9.59 Å². The van der Waals surface area contributed by atoms with Crippen molar-refractivity contribution >= 4 is 28.3 Å². The van der Waals surface area contributed by atoms with Gasteiger partial charge in [0, 0.05) is 30.2 Å². The van der Waals surface area contributed by atoms with Crippen LogP contribution < -0.4 is 4.90 Å². The Morgan fingerprint density at radius 2 is 1.87 bits per heavy atom. The summed E-state index contributed by atoms with van der Waals surface area (Å²) in [6.45, 7) is 1.65. The monoisotopic (exact) mass is 406 g/mol. The largest absolute Gasteiger partial charge is 0.396 e. The first-order valence-electron chi connectivity index (χ1n) is 10.2. The molecule has 2 aromatic carbocycles. The zero-order chi connectivity index (χ0) is 21.3. The predicted molar refractivity (Wildman–Crippen MR) is 107 cm³/mol. The van der Waals surface area contributed by atoms with Crippen molar-refractivity contribution in [2.75, 3.05) is 11.5 Å². The number of aliphatic hydroxyl groups excluding tert-OH is 2. The van der Waals surface area contributed by atoms with Crippen LogP contribution in [0.5, 0.6) is 0 Å². The molecular weight excluding hydrogens is 384 g/mol. The molecule has 2 bridgehead atoms. The zero-order valence-electron chi connectivity index (χ0n) is 16.5. The minimum absolute atomic E-state index is 0.188. The Bertz CT molecular complexity index is 1120. The Morgan fingerprint density at radius 3 is 2.53 bits per heavy atom. The smallest absolute Gasteiger partial charge is 0.240 e. The summed E-state index contributed by atoms with van der Waals surface area (Å²) in [4.78, 5) is 28.5. The second kappa shape index (κ2) is 6.35. The highest BCUT2D eigenvalue weighted by Crippen LogP contribution is 2.63. The van der Waals surface area contributed by atoms with E-state index in [2.05, 4.69) is 6.07 Å². The van der Waals surface area contributed by atoms with Crippen LogP contribution >= 0.6 is 0 Å². The van der Waals surface area contributed by atoms with Gasteiger partial charge >= 0.3 is 0 Å². The van der Waals surface area contributed by atoms with Crippen molar-refractivity contribution in [2.45, 2.75) is 43.5 Å². The van der Waals surface area contributed by atoms with E-state index in [4.69, 9.17) is 4.74 Å². The molecule has 3 fully saturated rings. The van der Waals surface area contributed by atoms with Crippen molar-refractivity contribution in [1.82, 2.24) is 0 Å². The summed E-state index contributed by atoms with van der Waals surface area (Å²) in [5, 5.41) is 31.2. The summed E-state index contributed by atoms with van der Waals surface area (Å²) in [6, 6.07) is 12.6. The molecule has 0 spiro atoms. The van der Waals surface area contributed by atoms with Gasteiger partial charge in [-0.25, -0.2) is 4.90 Å². The number of amides is 2. The number of benzene rings is 2. The van der Waals surface area contributed by atoms with Gasteiger partial charge in [0.25, 0.3) is 0 Å².